The smallest absolute Gasteiger partial charge is 0.274 e. The molecule has 106 valence electrons. The minimum atomic E-state index is -0.270. The van der Waals surface area contributed by atoms with Crippen molar-refractivity contribution >= 4 is 22.4 Å². The molecule has 1 N–H and O–H groups in total. The lowest BCUT2D eigenvalue weighted by atomic mass is 10.2. The van der Waals surface area contributed by atoms with E-state index in [0.29, 0.717) is 17.4 Å². The van der Waals surface area contributed by atoms with E-state index in [1.807, 2.05) is 10.8 Å². The van der Waals surface area contributed by atoms with Gasteiger partial charge in [0.1, 0.15) is 11.5 Å². The molecule has 0 aliphatic rings. The van der Waals surface area contributed by atoms with Crippen molar-refractivity contribution in [2.75, 3.05) is 5.32 Å². The maximum absolute atomic E-state index is 12.9. The van der Waals surface area contributed by atoms with Crippen LogP contribution in [0.15, 0.2) is 54.2 Å². The van der Waals surface area contributed by atoms with Crippen molar-refractivity contribution < 1.29 is 9.18 Å². The summed E-state index contributed by atoms with van der Waals surface area (Å²) in [5, 5.41) is 5.11. The van der Waals surface area contributed by atoms with Gasteiger partial charge in [0.05, 0.1) is 0 Å². The first-order valence-corrected chi connectivity index (χ1v) is 7.21. The first-order chi connectivity index (χ1) is 10.2. The van der Waals surface area contributed by atoms with E-state index in [1.54, 1.807) is 35.8 Å². The largest absolute Gasteiger partial charge is 0.339 e. The predicted molar refractivity (Wildman–Crippen MR) is 80.0 cm³/mol. The van der Waals surface area contributed by atoms with E-state index in [2.05, 4.69) is 10.3 Å². The van der Waals surface area contributed by atoms with Gasteiger partial charge in [-0.05, 0) is 29.8 Å². The van der Waals surface area contributed by atoms with Gasteiger partial charge >= 0.3 is 0 Å². The molecule has 0 unspecified atom stereocenters. The van der Waals surface area contributed by atoms with Crippen molar-refractivity contribution in [3.63, 3.8) is 0 Å². The van der Waals surface area contributed by atoms with Gasteiger partial charge in [0, 0.05) is 24.3 Å². The number of halogens is 1. The standard InChI is InChI=1S/C15H12FN3OS/c16-12-5-3-11(4-6-12)10-19-8-1-2-13(19)14(20)18-15-17-7-9-21-15/h1-9H,10H2,(H,17,18,20). The molecule has 2 aromatic heterocycles. The number of hydrogen-bond donors (Lipinski definition) is 1. The summed E-state index contributed by atoms with van der Waals surface area (Å²) in [5.41, 5.74) is 1.46. The second kappa shape index (κ2) is 5.88. The van der Waals surface area contributed by atoms with Gasteiger partial charge in [0.2, 0.25) is 0 Å². The monoisotopic (exact) mass is 301 g/mol. The Morgan fingerprint density at radius 1 is 1.29 bits per heavy atom. The molecule has 0 fully saturated rings. The third-order valence-corrected chi connectivity index (χ3v) is 3.67. The van der Waals surface area contributed by atoms with Crippen LogP contribution in [-0.2, 0) is 6.54 Å². The summed E-state index contributed by atoms with van der Waals surface area (Å²) in [6, 6.07) is 9.78. The van der Waals surface area contributed by atoms with Crippen LogP contribution in [0, 0.1) is 5.82 Å². The van der Waals surface area contributed by atoms with Crippen LogP contribution in [0.4, 0.5) is 9.52 Å². The molecule has 0 aliphatic heterocycles. The minimum Gasteiger partial charge on any atom is -0.339 e. The highest BCUT2D eigenvalue weighted by molar-refractivity contribution is 7.13. The number of nitrogens with one attached hydrogen (secondary N) is 1. The van der Waals surface area contributed by atoms with Gasteiger partial charge in [-0.2, -0.15) is 0 Å². The number of carbonyl (C=O) groups is 1. The summed E-state index contributed by atoms with van der Waals surface area (Å²) in [7, 11) is 0. The van der Waals surface area contributed by atoms with E-state index >= 15 is 0 Å². The van der Waals surface area contributed by atoms with Gasteiger partial charge in [-0.15, -0.1) is 11.3 Å². The summed E-state index contributed by atoms with van der Waals surface area (Å²) in [4.78, 5) is 16.2. The molecule has 0 bridgehead atoms. The van der Waals surface area contributed by atoms with Gasteiger partial charge in [-0.1, -0.05) is 12.1 Å². The lowest BCUT2D eigenvalue weighted by molar-refractivity contribution is 0.101. The maximum Gasteiger partial charge on any atom is 0.274 e. The third-order valence-electron chi connectivity index (χ3n) is 2.98. The Morgan fingerprint density at radius 2 is 2.10 bits per heavy atom. The number of carbonyl (C=O) groups excluding carboxylic acids is 1. The highest BCUT2D eigenvalue weighted by Gasteiger charge is 2.12. The van der Waals surface area contributed by atoms with Gasteiger partial charge < -0.3 is 4.57 Å². The number of thiazole rings is 1. The molecule has 4 nitrogen and oxygen atoms in total. The van der Waals surface area contributed by atoms with Crippen LogP contribution in [0.1, 0.15) is 16.1 Å². The van der Waals surface area contributed by atoms with Gasteiger partial charge in [0.25, 0.3) is 5.91 Å². The molecule has 21 heavy (non-hydrogen) atoms. The quantitative estimate of drug-likeness (QED) is 0.803. The Morgan fingerprint density at radius 3 is 2.81 bits per heavy atom. The Bertz CT molecular complexity index is 735. The Kier molecular flexibility index (Phi) is 3.79. The van der Waals surface area contributed by atoms with Crippen LogP contribution >= 0.6 is 11.3 Å². The molecule has 0 aliphatic carbocycles. The highest BCUT2D eigenvalue weighted by atomic mass is 32.1. The van der Waals surface area contributed by atoms with E-state index in [4.69, 9.17) is 0 Å². The first kappa shape index (κ1) is 13.5. The SMILES string of the molecule is O=C(Nc1nccs1)c1cccn1Cc1ccc(F)cc1. The third kappa shape index (κ3) is 3.17. The van der Waals surface area contributed by atoms with E-state index in [9.17, 15) is 9.18 Å². The lowest BCUT2D eigenvalue weighted by Gasteiger charge is -2.09. The Balaban J connectivity index is 1.77. The number of aromatic nitrogens is 2. The van der Waals surface area contributed by atoms with E-state index < -0.39 is 0 Å². The molecule has 6 heteroatoms. The summed E-state index contributed by atoms with van der Waals surface area (Å²) < 4.78 is 14.7. The van der Waals surface area contributed by atoms with Gasteiger partial charge in [0.15, 0.2) is 5.13 Å². The number of rotatable bonds is 4. The van der Waals surface area contributed by atoms with Crippen LogP contribution in [0.2, 0.25) is 0 Å². The molecule has 0 saturated carbocycles. The first-order valence-electron chi connectivity index (χ1n) is 6.33. The number of benzene rings is 1. The lowest BCUT2D eigenvalue weighted by Crippen LogP contribution is -2.17. The molecule has 3 rings (SSSR count). The van der Waals surface area contributed by atoms with Crippen molar-refractivity contribution in [3.8, 4) is 0 Å². The van der Waals surface area contributed by atoms with Crippen molar-refractivity contribution in [3.05, 3.63) is 71.2 Å². The molecule has 0 atom stereocenters. The average molecular weight is 301 g/mol. The van der Waals surface area contributed by atoms with Crippen LogP contribution in [-0.4, -0.2) is 15.5 Å². The van der Waals surface area contributed by atoms with Crippen LogP contribution in [0.5, 0.6) is 0 Å². The van der Waals surface area contributed by atoms with Crippen LogP contribution in [0.3, 0.4) is 0 Å². The number of anilines is 1. The highest BCUT2D eigenvalue weighted by Crippen LogP contribution is 2.14. The van der Waals surface area contributed by atoms with Gasteiger partial charge in [-0.25, -0.2) is 9.37 Å². The van der Waals surface area contributed by atoms with Crippen molar-refractivity contribution in [2.45, 2.75) is 6.54 Å². The van der Waals surface area contributed by atoms with Crippen molar-refractivity contribution in [1.29, 1.82) is 0 Å². The molecule has 3 aromatic rings. The van der Waals surface area contributed by atoms with E-state index in [-0.39, 0.29) is 11.7 Å². The van der Waals surface area contributed by atoms with Crippen molar-refractivity contribution in [2.24, 2.45) is 0 Å². The normalized spacial score (nSPS) is 10.5. The minimum absolute atomic E-state index is 0.211. The van der Waals surface area contributed by atoms with E-state index in [1.165, 1.54) is 23.5 Å². The molecule has 0 saturated heterocycles. The zero-order valence-electron chi connectivity index (χ0n) is 11.0. The molecule has 2 heterocycles. The van der Waals surface area contributed by atoms with Crippen molar-refractivity contribution in [1.82, 2.24) is 9.55 Å². The average Bonchev–Trinajstić information content (AvgIpc) is 3.13. The predicted octanol–water partition coefficient (Wildman–Crippen LogP) is 3.38. The fourth-order valence-corrected chi connectivity index (χ4v) is 2.51. The van der Waals surface area contributed by atoms with Gasteiger partial charge in [-0.3, -0.25) is 10.1 Å². The summed E-state index contributed by atoms with van der Waals surface area (Å²) in [6.45, 7) is 0.508. The number of hydrogen-bond acceptors (Lipinski definition) is 3. The molecule has 0 spiro atoms. The zero-order chi connectivity index (χ0) is 14.7. The molecular weight excluding hydrogens is 289 g/mol. The molecule has 1 aromatic carbocycles. The maximum atomic E-state index is 12.9. The zero-order valence-corrected chi connectivity index (χ0v) is 11.8. The summed E-state index contributed by atoms with van der Waals surface area (Å²) >= 11 is 1.37. The fraction of sp³-hybridized carbons (Fsp3) is 0.0667. The van der Waals surface area contributed by atoms with E-state index in [0.717, 1.165) is 5.56 Å². The van der Waals surface area contributed by atoms with Crippen LogP contribution in [0.25, 0.3) is 0 Å². The molecule has 0 radical (unpaired) electrons. The molecule has 1 amide bonds. The summed E-state index contributed by atoms with van der Waals surface area (Å²) in [6.07, 6.45) is 3.46. The summed E-state index contributed by atoms with van der Waals surface area (Å²) in [5.74, 6) is -0.481. The second-order valence-electron chi connectivity index (χ2n) is 4.44. The number of nitrogens with zero attached hydrogens (tertiary/aromatic N) is 2. The molecular formula is C15H12FN3OS. The number of amides is 1. The van der Waals surface area contributed by atoms with Crippen LogP contribution < -0.4 is 5.32 Å². The Hall–Kier alpha value is -2.47. The fourth-order valence-electron chi connectivity index (χ4n) is 1.99. The topological polar surface area (TPSA) is 46.9 Å². The second-order valence-corrected chi connectivity index (χ2v) is 5.33. The Labute approximate surface area is 124 Å².